The van der Waals surface area contributed by atoms with Gasteiger partial charge in [0.05, 0.1) is 19.6 Å². The van der Waals surface area contributed by atoms with Gasteiger partial charge in [-0.3, -0.25) is 0 Å². The average Bonchev–Trinajstić information content (AvgIpc) is 3.07. The Hall–Kier alpha value is -2.36. The van der Waals surface area contributed by atoms with Crippen LogP contribution in [0.25, 0.3) is 16.7 Å². The van der Waals surface area contributed by atoms with Crippen molar-refractivity contribution in [1.29, 1.82) is 0 Å². The molecule has 0 amide bonds. The molecule has 0 fully saturated rings. The molecular formula is C25H28NOSi+. The second-order valence-electron chi connectivity index (χ2n) is 9.24. The zero-order chi connectivity index (χ0) is 20.3. The van der Waals surface area contributed by atoms with E-state index in [4.69, 9.17) is 0 Å². The lowest BCUT2D eigenvalue weighted by Crippen LogP contribution is -2.59. The zero-order valence-corrected chi connectivity index (χ0v) is 18.5. The minimum atomic E-state index is -2.00. The second kappa shape index (κ2) is 6.33. The predicted octanol–water partition coefficient (Wildman–Crippen LogP) is 5.64. The van der Waals surface area contributed by atoms with Gasteiger partial charge in [0.15, 0.2) is 0 Å². The summed E-state index contributed by atoms with van der Waals surface area (Å²) in [6.07, 6.45) is 2.96. The van der Waals surface area contributed by atoms with E-state index in [0.29, 0.717) is 4.15 Å². The Kier molecular flexibility index (Phi) is 4.29. The highest BCUT2D eigenvalue weighted by Gasteiger charge is 2.45. The number of rotatable bonds is 2. The fraction of sp³-hybridized carbons (Fsp3) is 0.280. The molecule has 0 saturated carbocycles. The Labute approximate surface area is 169 Å². The lowest BCUT2D eigenvalue weighted by molar-refractivity contribution is -0.837. The third-order valence-corrected chi connectivity index (χ3v) is 9.15. The molecule has 2 aliphatic carbocycles. The number of hydrogen-bond acceptors (Lipinski definition) is 1. The first-order chi connectivity index (χ1) is 13.1. The molecule has 2 nitrogen and oxygen atoms in total. The molecule has 0 spiro atoms. The lowest BCUT2D eigenvalue weighted by atomic mass is 9.93. The van der Waals surface area contributed by atoms with E-state index in [-0.39, 0.29) is 5.54 Å². The summed E-state index contributed by atoms with van der Waals surface area (Å²) in [5.41, 5.74) is 8.24. The van der Waals surface area contributed by atoms with E-state index in [9.17, 15) is 4.46 Å². The van der Waals surface area contributed by atoms with Gasteiger partial charge in [0.1, 0.15) is 0 Å². The Morgan fingerprint density at radius 2 is 1.39 bits per heavy atom. The zero-order valence-electron chi connectivity index (χ0n) is 17.5. The smallest absolute Gasteiger partial charge is 0.325 e. The molecule has 0 aliphatic heterocycles. The molecule has 2 aliphatic rings. The largest absolute Gasteiger partial charge is 0.587 e. The monoisotopic (exact) mass is 386 g/mol. The molecule has 2 aromatic carbocycles. The van der Waals surface area contributed by atoms with E-state index < -0.39 is 8.84 Å². The fourth-order valence-electron chi connectivity index (χ4n) is 4.02. The number of nitrogens with zero attached hydrogens (tertiary/aromatic N) is 1. The summed E-state index contributed by atoms with van der Waals surface area (Å²) in [5.74, 6) is 0. The maximum absolute atomic E-state index is 13.7. The topological polar surface area (TPSA) is 17.1 Å². The number of allylic oxidation sites excluding steroid dienone is 4. The number of benzene rings is 2. The first-order valence-corrected chi connectivity index (χ1v) is 11.2. The highest BCUT2D eigenvalue weighted by Crippen LogP contribution is 2.47. The Morgan fingerprint density at radius 3 is 1.96 bits per heavy atom. The van der Waals surface area contributed by atoms with Crippen LogP contribution in [0.2, 0.25) is 0 Å². The van der Waals surface area contributed by atoms with E-state index in [1.54, 1.807) is 0 Å². The fourth-order valence-corrected chi connectivity index (χ4v) is 5.94. The van der Waals surface area contributed by atoms with Crippen LogP contribution in [0.5, 0.6) is 0 Å². The molecule has 0 heterocycles. The highest BCUT2D eigenvalue weighted by atomic mass is 28.3. The van der Waals surface area contributed by atoms with Crippen molar-refractivity contribution in [2.75, 3.05) is 14.1 Å². The van der Waals surface area contributed by atoms with Crippen LogP contribution in [-0.4, -0.2) is 32.6 Å². The summed E-state index contributed by atoms with van der Waals surface area (Å²) in [6, 6.07) is 17.0. The second-order valence-corrected chi connectivity index (χ2v) is 11.6. The van der Waals surface area contributed by atoms with E-state index in [1.165, 1.54) is 33.4 Å². The van der Waals surface area contributed by atoms with Crippen LogP contribution >= 0.6 is 0 Å². The molecule has 2 aromatic rings. The Morgan fingerprint density at radius 1 is 0.893 bits per heavy atom. The lowest BCUT2D eigenvalue weighted by Gasteiger charge is -2.41. The van der Waals surface area contributed by atoms with Crippen LogP contribution in [0.1, 0.15) is 49.4 Å². The van der Waals surface area contributed by atoms with Gasteiger partial charge in [0, 0.05) is 11.6 Å². The molecule has 0 unspecified atom stereocenters. The Balaban J connectivity index is 1.89. The molecule has 0 aromatic heterocycles. The maximum Gasteiger partial charge on any atom is 0.587 e. The van der Waals surface area contributed by atoms with Crippen molar-refractivity contribution in [3.63, 3.8) is 0 Å². The van der Waals surface area contributed by atoms with Gasteiger partial charge in [-0.1, -0.05) is 55.1 Å². The molecule has 0 radical (unpaired) electrons. The van der Waals surface area contributed by atoms with Gasteiger partial charge in [-0.2, -0.15) is 0 Å². The van der Waals surface area contributed by atoms with E-state index >= 15 is 0 Å². The van der Waals surface area contributed by atoms with Crippen LogP contribution < -0.4 is 0 Å². The van der Waals surface area contributed by atoms with Gasteiger partial charge in [0.2, 0.25) is 0 Å². The quantitative estimate of drug-likeness (QED) is 0.611. The van der Waals surface area contributed by atoms with Crippen molar-refractivity contribution in [2.45, 2.75) is 32.7 Å². The van der Waals surface area contributed by atoms with Crippen LogP contribution in [0, 0.1) is 0 Å². The van der Waals surface area contributed by atoms with Gasteiger partial charge in [-0.15, -0.1) is 0 Å². The molecular weight excluding hydrogens is 358 g/mol. The summed E-state index contributed by atoms with van der Waals surface area (Å²) >= 11 is 0. The first-order valence-electron chi connectivity index (χ1n) is 9.84. The van der Waals surface area contributed by atoms with Crippen molar-refractivity contribution < 1.29 is 8.61 Å². The standard InChI is InChI=1S/C25H28NOSi/c1-17-19-11-7-9-13-21(19)23-15-18(28(27)26(5,6)25(2,3)4)16-24(23)22-14-10-8-12-20(17)22/h7-15H,1,16H2,2-6H3/q+1. The van der Waals surface area contributed by atoms with Gasteiger partial charge in [-0.25, -0.2) is 0 Å². The number of fused-ring (bicyclic) bond motifs is 4. The van der Waals surface area contributed by atoms with Crippen LogP contribution in [0.4, 0.5) is 0 Å². The SMILES string of the molecule is C=C1c2ccccc2C2=C(CC([Si](=O)[N+](C)(C)C(C)(C)C)=C2)c2ccccc21. The van der Waals surface area contributed by atoms with E-state index in [2.05, 4.69) is 96.1 Å². The maximum atomic E-state index is 13.7. The first kappa shape index (κ1) is 19.0. The van der Waals surface area contributed by atoms with Gasteiger partial charge in [0.25, 0.3) is 0 Å². The average molecular weight is 387 g/mol. The van der Waals surface area contributed by atoms with Crippen LogP contribution in [0.15, 0.2) is 66.4 Å². The predicted molar refractivity (Wildman–Crippen MR) is 119 cm³/mol. The molecule has 0 N–H and O–H groups in total. The molecule has 0 saturated heterocycles. The van der Waals surface area contributed by atoms with Crippen molar-refractivity contribution in [1.82, 2.24) is 0 Å². The third-order valence-electron chi connectivity index (χ3n) is 6.59. The van der Waals surface area contributed by atoms with Crippen molar-refractivity contribution in [2.24, 2.45) is 0 Å². The molecule has 4 rings (SSSR count). The molecule has 28 heavy (non-hydrogen) atoms. The van der Waals surface area contributed by atoms with E-state index in [0.717, 1.165) is 17.2 Å². The van der Waals surface area contributed by atoms with Gasteiger partial charge in [-0.05, 0) is 65.8 Å². The summed E-state index contributed by atoms with van der Waals surface area (Å²) in [5, 5.41) is 1.08. The van der Waals surface area contributed by atoms with Crippen molar-refractivity contribution in [3.8, 4) is 0 Å². The van der Waals surface area contributed by atoms with Crippen molar-refractivity contribution >= 4 is 25.6 Å². The molecule has 142 valence electrons. The molecule has 0 bridgehead atoms. The molecule has 0 atom stereocenters. The van der Waals surface area contributed by atoms with Gasteiger partial charge >= 0.3 is 8.84 Å². The highest BCUT2D eigenvalue weighted by molar-refractivity contribution is 6.46. The summed E-state index contributed by atoms with van der Waals surface area (Å²) in [6.45, 7) is 10.9. The summed E-state index contributed by atoms with van der Waals surface area (Å²) < 4.78 is 14.2. The minimum Gasteiger partial charge on any atom is -0.325 e. The number of hydrogen-bond donors (Lipinski definition) is 0. The number of quaternary nitrogens is 1. The van der Waals surface area contributed by atoms with Crippen LogP contribution in [-0.2, 0) is 4.46 Å². The van der Waals surface area contributed by atoms with Crippen molar-refractivity contribution in [3.05, 3.63) is 88.6 Å². The summed E-state index contributed by atoms with van der Waals surface area (Å²) in [4.78, 5) is 0. The normalized spacial score (nSPS) is 16.2. The molecule has 3 heteroatoms. The summed E-state index contributed by atoms with van der Waals surface area (Å²) in [7, 11) is 2.18. The minimum absolute atomic E-state index is 0.0824. The van der Waals surface area contributed by atoms with E-state index in [1.807, 2.05) is 0 Å². The van der Waals surface area contributed by atoms with Gasteiger partial charge < -0.3 is 8.61 Å². The third kappa shape index (κ3) is 2.73. The Bertz CT molecular complexity index is 1080. The van der Waals surface area contributed by atoms with Crippen LogP contribution in [0.3, 0.4) is 0 Å².